The molecule has 0 aliphatic carbocycles. The van der Waals surface area contributed by atoms with Crippen LogP contribution in [0, 0.1) is 12.8 Å². The first-order chi connectivity index (χ1) is 11.7. The van der Waals surface area contributed by atoms with Crippen molar-refractivity contribution in [2.75, 3.05) is 32.9 Å². The van der Waals surface area contributed by atoms with E-state index >= 15 is 0 Å². The van der Waals surface area contributed by atoms with Crippen LogP contribution in [0.3, 0.4) is 0 Å². The van der Waals surface area contributed by atoms with E-state index < -0.39 is 16.1 Å². The van der Waals surface area contributed by atoms with Gasteiger partial charge in [0.25, 0.3) is 0 Å². The third kappa shape index (κ3) is 3.85. The van der Waals surface area contributed by atoms with Crippen LogP contribution in [0.1, 0.15) is 11.3 Å². The summed E-state index contributed by atoms with van der Waals surface area (Å²) in [6.45, 7) is 3.73. The first-order valence-corrected chi connectivity index (χ1v) is 10.2. The molecule has 2 atom stereocenters. The number of H-pyrrole nitrogens is 1. The van der Waals surface area contributed by atoms with Crippen LogP contribution in [0.2, 0.25) is 5.02 Å². The summed E-state index contributed by atoms with van der Waals surface area (Å²) in [6, 6.07) is 5.75. The molecule has 0 radical (unpaired) electrons. The van der Waals surface area contributed by atoms with Crippen molar-refractivity contribution in [3.63, 3.8) is 0 Å². The molecule has 1 aromatic carbocycles. The molecule has 0 amide bonds. The van der Waals surface area contributed by atoms with Gasteiger partial charge in [-0.3, -0.25) is 4.90 Å². The van der Waals surface area contributed by atoms with E-state index in [2.05, 4.69) is 9.88 Å². The van der Waals surface area contributed by atoms with Gasteiger partial charge in [-0.25, -0.2) is 12.7 Å². The van der Waals surface area contributed by atoms with Crippen molar-refractivity contribution in [3.8, 4) is 0 Å². The van der Waals surface area contributed by atoms with Crippen LogP contribution in [0.4, 0.5) is 0 Å². The highest BCUT2D eigenvalue weighted by Crippen LogP contribution is 2.27. The maximum Gasteiger partial charge on any atom is 0.214 e. The molecular formula is C17H24ClN3O3S. The lowest BCUT2D eigenvalue weighted by atomic mass is 10.1. The van der Waals surface area contributed by atoms with Crippen LogP contribution in [0.15, 0.2) is 18.2 Å². The summed E-state index contributed by atoms with van der Waals surface area (Å²) in [6.07, 6.45) is -0.631. The van der Waals surface area contributed by atoms with Gasteiger partial charge in [-0.1, -0.05) is 11.6 Å². The van der Waals surface area contributed by atoms with E-state index in [9.17, 15) is 13.5 Å². The number of halogens is 1. The molecular weight excluding hydrogens is 362 g/mol. The highest BCUT2D eigenvalue weighted by atomic mass is 35.5. The van der Waals surface area contributed by atoms with Crippen molar-refractivity contribution in [1.82, 2.24) is 14.2 Å². The van der Waals surface area contributed by atoms with Crippen molar-refractivity contribution in [3.05, 3.63) is 34.5 Å². The Kier molecular flexibility index (Phi) is 5.14. The maximum atomic E-state index is 12.1. The van der Waals surface area contributed by atoms with Gasteiger partial charge in [0.2, 0.25) is 10.0 Å². The van der Waals surface area contributed by atoms with E-state index in [4.69, 9.17) is 11.6 Å². The zero-order valence-electron chi connectivity index (χ0n) is 14.7. The predicted molar refractivity (Wildman–Crippen MR) is 100 cm³/mol. The lowest BCUT2D eigenvalue weighted by molar-refractivity contribution is 0.148. The van der Waals surface area contributed by atoms with Gasteiger partial charge in [-0.15, -0.1) is 0 Å². The highest BCUT2D eigenvalue weighted by Gasteiger charge is 2.35. The first-order valence-electron chi connectivity index (χ1n) is 8.24. The van der Waals surface area contributed by atoms with Crippen molar-refractivity contribution < 1.29 is 13.5 Å². The third-order valence-corrected chi connectivity index (χ3v) is 7.17. The number of aromatic nitrogens is 1. The van der Waals surface area contributed by atoms with Gasteiger partial charge < -0.3 is 10.1 Å². The lowest BCUT2D eigenvalue weighted by Crippen LogP contribution is -2.33. The van der Waals surface area contributed by atoms with Crippen LogP contribution in [-0.4, -0.2) is 66.8 Å². The first kappa shape index (κ1) is 18.7. The lowest BCUT2D eigenvalue weighted by Gasteiger charge is -2.18. The summed E-state index contributed by atoms with van der Waals surface area (Å²) in [7, 11) is -0.278. The van der Waals surface area contributed by atoms with Crippen LogP contribution in [0.5, 0.6) is 0 Å². The number of β-amino-alcohol motifs (C(OH)–C–C–N with tert-alkyl or cyclic N) is 1. The Hall–Kier alpha value is -1.12. The molecule has 3 rings (SSSR count). The quantitative estimate of drug-likeness (QED) is 0.823. The fraction of sp³-hybridized carbons (Fsp3) is 0.529. The number of aliphatic hydroxyl groups is 1. The fourth-order valence-corrected chi connectivity index (χ4v) is 4.73. The zero-order valence-corrected chi connectivity index (χ0v) is 16.2. The highest BCUT2D eigenvalue weighted by molar-refractivity contribution is 7.89. The van der Waals surface area contributed by atoms with E-state index in [1.54, 1.807) is 0 Å². The Morgan fingerprint density at radius 2 is 2.08 bits per heavy atom. The predicted octanol–water partition coefficient (Wildman–Crippen LogP) is 1.81. The molecule has 1 aliphatic rings. The number of likely N-dealkylation sites (tertiary alicyclic amines) is 1. The van der Waals surface area contributed by atoms with Crippen molar-refractivity contribution in [2.45, 2.75) is 19.6 Å². The number of nitrogens with zero attached hydrogens (tertiary/aromatic N) is 2. The van der Waals surface area contributed by atoms with E-state index in [1.165, 1.54) is 18.4 Å². The van der Waals surface area contributed by atoms with Crippen LogP contribution < -0.4 is 0 Å². The van der Waals surface area contributed by atoms with Gasteiger partial charge in [0.15, 0.2) is 0 Å². The number of benzene rings is 1. The second-order valence-electron chi connectivity index (χ2n) is 7.00. The van der Waals surface area contributed by atoms with Gasteiger partial charge in [0, 0.05) is 61.3 Å². The van der Waals surface area contributed by atoms with E-state index in [0.29, 0.717) is 24.7 Å². The largest absolute Gasteiger partial charge is 0.391 e. The Balaban J connectivity index is 1.74. The Labute approximate surface area is 153 Å². The number of aliphatic hydroxyl groups excluding tert-OH is 1. The molecule has 2 heterocycles. The minimum absolute atomic E-state index is 0.0288. The Bertz CT molecular complexity index is 879. The number of aromatic amines is 1. The molecule has 0 bridgehead atoms. The molecule has 6 nitrogen and oxygen atoms in total. The van der Waals surface area contributed by atoms with E-state index in [1.807, 2.05) is 25.1 Å². The number of nitrogens with one attached hydrogen (secondary N) is 1. The normalized spacial score (nSPS) is 22.3. The molecule has 2 N–H and O–H groups in total. The summed E-state index contributed by atoms with van der Waals surface area (Å²) < 4.78 is 25.4. The summed E-state index contributed by atoms with van der Waals surface area (Å²) in [5.41, 5.74) is 3.24. The number of sulfonamides is 1. The van der Waals surface area contributed by atoms with E-state index in [0.717, 1.165) is 22.2 Å². The average Bonchev–Trinajstić information content (AvgIpc) is 3.00. The summed E-state index contributed by atoms with van der Waals surface area (Å²) in [5.74, 6) is -0.301. The zero-order chi connectivity index (χ0) is 18.4. The number of hydrogen-bond acceptors (Lipinski definition) is 4. The molecule has 8 heteroatoms. The Morgan fingerprint density at radius 1 is 1.36 bits per heavy atom. The molecule has 25 heavy (non-hydrogen) atoms. The minimum atomic E-state index is -3.32. The SMILES string of the molecule is Cc1c(CN2C[C@@H](CS(=O)(=O)N(C)C)[C@@H](O)C2)[nH]c2ccc(Cl)cc12. The minimum Gasteiger partial charge on any atom is -0.391 e. The second-order valence-corrected chi connectivity index (χ2v) is 9.66. The fourth-order valence-electron chi connectivity index (χ4n) is 3.39. The summed E-state index contributed by atoms with van der Waals surface area (Å²) >= 11 is 6.08. The smallest absolute Gasteiger partial charge is 0.214 e. The molecule has 0 spiro atoms. The number of hydrogen-bond donors (Lipinski definition) is 2. The molecule has 1 saturated heterocycles. The van der Waals surface area contributed by atoms with E-state index in [-0.39, 0.29) is 11.7 Å². The number of fused-ring (bicyclic) bond motifs is 1. The second kappa shape index (κ2) is 6.89. The van der Waals surface area contributed by atoms with Crippen molar-refractivity contribution in [2.24, 2.45) is 5.92 Å². The van der Waals surface area contributed by atoms with Crippen LogP contribution in [0.25, 0.3) is 10.9 Å². The molecule has 0 unspecified atom stereocenters. The molecule has 0 saturated carbocycles. The van der Waals surface area contributed by atoms with Gasteiger partial charge in [0.05, 0.1) is 11.9 Å². The number of aryl methyl sites for hydroxylation is 1. The molecule has 1 aromatic heterocycles. The van der Waals surface area contributed by atoms with Gasteiger partial charge >= 0.3 is 0 Å². The van der Waals surface area contributed by atoms with Gasteiger partial charge in [0.1, 0.15) is 0 Å². The van der Waals surface area contributed by atoms with Gasteiger partial charge in [-0.2, -0.15) is 0 Å². The third-order valence-electron chi connectivity index (χ3n) is 4.97. The summed E-state index contributed by atoms with van der Waals surface area (Å²) in [5, 5.41) is 12.1. The monoisotopic (exact) mass is 385 g/mol. The van der Waals surface area contributed by atoms with Gasteiger partial charge in [-0.05, 0) is 30.7 Å². The average molecular weight is 386 g/mol. The summed E-state index contributed by atoms with van der Waals surface area (Å²) in [4.78, 5) is 5.50. The van der Waals surface area contributed by atoms with Crippen LogP contribution in [-0.2, 0) is 16.6 Å². The topological polar surface area (TPSA) is 76.6 Å². The molecule has 1 aliphatic heterocycles. The van der Waals surface area contributed by atoms with Crippen LogP contribution >= 0.6 is 11.6 Å². The van der Waals surface area contributed by atoms with Crippen molar-refractivity contribution in [1.29, 1.82) is 0 Å². The Morgan fingerprint density at radius 3 is 2.76 bits per heavy atom. The maximum absolute atomic E-state index is 12.1. The molecule has 1 fully saturated rings. The number of rotatable bonds is 5. The van der Waals surface area contributed by atoms with Crippen molar-refractivity contribution >= 4 is 32.5 Å². The molecule has 2 aromatic rings. The standard InChI is InChI=1S/C17H24ClN3O3S/c1-11-14-6-13(18)4-5-15(14)19-16(11)8-21-7-12(17(22)9-21)10-25(23,24)20(2)3/h4-6,12,17,19,22H,7-10H2,1-3H3/t12-,17-/m0/s1. The molecule has 138 valence electrons.